The highest BCUT2D eigenvalue weighted by atomic mass is 35.5. The van der Waals surface area contributed by atoms with Crippen molar-refractivity contribution in [1.82, 2.24) is 4.98 Å². The van der Waals surface area contributed by atoms with E-state index in [1.807, 2.05) is 20.8 Å². The van der Waals surface area contributed by atoms with E-state index in [1.54, 1.807) is 12.3 Å². The zero-order chi connectivity index (χ0) is 13.1. The van der Waals surface area contributed by atoms with Crippen molar-refractivity contribution in [2.45, 2.75) is 25.5 Å². The molecule has 0 fully saturated rings. The van der Waals surface area contributed by atoms with E-state index in [2.05, 4.69) is 9.38 Å². The molecule has 4 nitrogen and oxygen atoms in total. The number of halogens is 1. The van der Waals surface area contributed by atoms with Gasteiger partial charge in [0.25, 0.3) is 0 Å². The Morgan fingerprint density at radius 1 is 1.53 bits per heavy atom. The lowest BCUT2D eigenvalue weighted by Crippen LogP contribution is -2.25. The maximum Gasteiger partial charge on any atom is 0.232 e. The monoisotopic (exact) mass is 274 g/mol. The zero-order valence-electron chi connectivity index (χ0n) is 10.2. The van der Waals surface area contributed by atoms with Crippen LogP contribution in [0, 0.1) is 0 Å². The van der Waals surface area contributed by atoms with Crippen LogP contribution >= 0.6 is 11.6 Å². The molecule has 0 radical (unpaired) electrons. The Morgan fingerprint density at radius 3 is 2.65 bits per heavy atom. The number of pyridine rings is 1. The molecule has 1 aromatic heterocycles. The number of nitrogens with zero attached hydrogens (tertiary/aromatic N) is 2. The molecule has 1 heterocycles. The lowest BCUT2D eigenvalue weighted by molar-refractivity contribution is 0.398. The van der Waals surface area contributed by atoms with Gasteiger partial charge in [0.15, 0.2) is 0 Å². The van der Waals surface area contributed by atoms with Gasteiger partial charge < -0.3 is 9.29 Å². The predicted molar refractivity (Wildman–Crippen MR) is 71.3 cm³/mol. The van der Waals surface area contributed by atoms with E-state index < -0.39 is 11.4 Å². The highest BCUT2D eigenvalue weighted by Crippen LogP contribution is 2.21. The van der Waals surface area contributed by atoms with Crippen molar-refractivity contribution in [3.05, 3.63) is 22.8 Å². The van der Waals surface area contributed by atoms with Crippen LogP contribution in [0.25, 0.3) is 0 Å². The highest BCUT2D eigenvalue weighted by Gasteiger charge is 2.25. The summed E-state index contributed by atoms with van der Waals surface area (Å²) in [6.07, 6.45) is 3.06. The first-order chi connectivity index (χ1) is 7.84. The van der Waals surface area contributed by atoms with E-state index in [-0.39, 0.29) is 4.75 Å². The molecule has 0 aromatic carbocycles. The molecule has 0 saturated carbocycles. The molecule has 17 heavy (non-hydrogen) atoms. The number of methoxy groups -OCH3 is 1. The third-order valence-corrected chi connectivity index (χ3v) is 3.46. The minimum atomic E-state index is -1.28. The smallest absolute Gasteiger partial charge is 0.232 e. The fraction of sp³-hybridized carbons (Fsp3) is 0.455. The molecule has 0 saturated heterocycles. The van der Waals surface area contributed by atoms with Crippen molar-refractivity contribution >= 4 is 29.2 Å². The highest BCUT2D eigenvalue weighted by molar-refractivity contribution is 7.91. The van der Waals surface area contributed by atoms with Gasteiger partial charge in [-0.1, -0.05) is 16.0 Å². The second-order valence-electron chi connectivity index (χ2n) is 4.36. The minimum Gasteiger partial charge on any atom is -0.591 e. The average molecular weight is 275 g/mol. The van der Waals surface area contributed by atoms with Crippen molar-refractivity contribution in [2.24, 2.45) is 4.40 Å². The van der Waals surface area contributed by atoms with Gasteiger partial charge in [-0.15, -0.1) is 0 Å². The van der Waals surface area contributed by atoms with Crippen LogP contribution in [0.2, 0.25) is 5.02 Å². The van der Waals surface area contributed by atoms with Crippen LogP contribution in [0.3, 0.4) is 0 Å². The SMILES string of the molecule is COc1ncc(C=N[S+]([O-])C(C)(C)C)cc1Cl. The van der Waals surface area contributed by atoms with Crippen LogP contribution in [0.4, 0.5) is 0 Å². The Balaban J connectivity index is 2.82. The summed E-state index contributed by atoms with van der Waals surface area (Å²) in [5, 5.41) is 0.401. The summed E-state index contributed by atoms with van der Waals surface area (Å²) in [6, 6.07) is 1.66. The quantitative estimate of drug-likeness (QED) is 0.629. The van der Waals surface area contributed by atoms with Crippen LogP contribution in [0.1, 0.15) is 26.3 Å². The summed E-state index contributed by atoms with van der Waals surface area (Å²) in [7, 11) is 1.50. The molecule has 0 bridgehead atoms. The second-order valence-corrected chi connectivity index (χ2v) is 6.70. The van der Waals surface area contributed by atoms with Crippen LogP contribution in [0.5, 0.6) is 5.88 Å². The first-order valence-corrected chi connectivity index (χ1v) is 6.48. The van der Waals surface area contributed by atoms with Gasteiger partial charge in [0.1, 0.15) is 21.1 Å². The van der Waals surface area contributed by atoms with Crippen molar-refractivity contribution in [1.29, 1.82) is 0 Å². The molecule has 6 heteroatoms. The van der Waals surface area contributed by atoms with Crippen LogP contribution in [-0.2, 0) is 11.4 Å². The van der Waals surface area contributed by atoms with Gasteiger partial charge in [-0.2, -0.15) is 0 Å². The molecule has 1 rings (SSSR count). The molecular formula is C11H15ClN2O2S. The van der Waals surface area contributed by atoms with Gasteiger partial charge in [0.2, 0.25) is 5.88 Å². The first-order valence-electron chi connectivity index (χ1n) is 5.00. The van der Waals surface area contributed by atoms with Crippen molar-refractivity contribution in [3.63, 3.8) is 0 Å². The average Bonchev–Trinajstić information content (AvgIpc) is 2.24. The summed E-state index contributed by atoms with van der Waals surface area (Å²) in [4.78, 5) is 3.99. The molecule has 0 aliphatic heterocycles. The predicted octanol–water partition coefficient (Wildman–Crippen LogP) is 2.62. The van der Waals surface area contributed by atoms with Crippen molar-refractivity contribution < 1.29 is 9.29 Å². The third kappa shape index (κ3) is 4.18. The summed E-state index contributed by atoms with van der Waals surface area (Å²) >= 11 is 4.63. The van der Waals surface area contributed by atoms with Gasteiger partial charge >= 0.3 is 0 Å². The molecule has 1 atom stereocenters. The standard InChI is InChI=1S/C11H15ClN2O2S/c1-11(2,3)17(15)14-7-8-5-9(12)10(16-4)13-6-8/h5-7H,1-4H3. The second kappa shape index (κ2) is 5.71. The Labute approximate surface area is 109 Å². The molecule has 0 spiro atoms. The molecule has 94 valence electrons. The fourth-order valence-corrected chi connectivity index (χ4v) is 1.71. The fourth-order valence-electron chi connectivity index (χ4n) is 0.928. The summed E-state index contributed by atoms with van der Waals surface area (Å²) < 4.78 is 20.2. The van der Waals surface area contributed by atoms with Gasteiger partial charge in [0.05, 0.1) is 13.3 Å². The van der Waals surface area contributed by atoms with Crippen molar-refractivity contribution in [2.75, 3.05) is 7.11 Å². The van der Waals surface area contributed by atoms with E-state index >= 15 is 0 Å². The van der Waals surface area contributed by atoms with E-state index in [0.29, 0.717) is 16.5 Å². The first kappa shape index (κ1) is 14.3. The van der Waals surface area contributed by atoms with Crippen LogP contribution < -0.4 is 4.74 Å². The van der Waals surface area contributed by atoms with Gasteiger partial charge in [-0.25, -0.2) is 4.98 Å². The van der Waals surface area contributed by atoms with E-state index in [1.165, 1.54) is 13.3 Å². The molecule has 1 aromatic rings. The number of rotatable bonds is 3. The van der Waals surface area contributed by atoms with E-state index in [4.69, 9.17) is 16.3 Å². The molecule has 0 N–H and O–H groups in total. The van der Waals surface area contributed by atoms with E-state index in [0.717, 1.165) is 0 Å². The largest absolute Gasteiger partial charge is 0.591 e. The number of ether oxygens (including phenoxy) is 1. The number of hydrogen-bond donors (Lipinski definition) is 0. The maximum absolute atomic E-state index is 11.7. The Kier molecular flexibility index (Phi) is 4.80. The number of hydrogen-bond acceptors (Lipinski definition) is 4. The lowest BCUT2D eigenvalue weighted by atomic mass is 10.3. The van der Waals surface area contributed by atoms with Crippen molar-refractivity contribution in [3.8, 4) is 5.88 Å². The Hall–Kier alpha value is -0.780. The molecule has 0 amide bonds. The van der Waals surface area contributed by atoms with E-state index in [9.17, 15) is 4.55 Å². The van der Waals surface area contributed by atoms with Gasteiger partial charge in [-0.3, -0.25) is 0 Å². The summed E-state index contributed by atoms with van der Waals surface area (Å²) in [5.74, 6) is 0.362. The molecule has 0 aliphatic rings. The zero-order valence-corrected chi connectivity index (χ0v) is 11.8. The normalized spacial score (nSPS) is 14.0. The van der Waals surface area contributed by atoms with Crippen LogP contribution in [-0.4, -0.2) is 27.6 Å². The molecular weight excluding hydrogens is 260 g/mol. The van der Waals surface area contributed by atoms with Crippen LogP contribution in [0.15, 0.2) is 16.7 Å². The topological polar surface area (TPSA) is 57.5 Å². The van der Waals surface area contributed by atoms with Gasteiger partial charge in [0, 0.05) is 11.8 Å². The number of aromatic nitrogens is 1. The Morgan fingerprint density at radius 2 is 2.18 bits per heavy atom. The summed E-state index contributed by atoms with van der Waals surface area (Å²) in [5.41, 5.74) is 0.688. The minimum absolute atomic E-state index is 0.362. The summed E-state index contributed by atoms with van der Waals surface area (Å²) in [6.45, 7) is 5.58. The third-order valence-electron chi connectivity index (χ3n) is 1.84. The Bertz CT molecular complexity index is 418. The maximum atomic E-state index is 11.7. The molecule has 0 aliphatic carbocycles. The lowest BCUT2D eigenvalue weighted by Gasteiger charge is -2.17. The molecule has 1 unspecified atom stereocenters. The van der Waals surface area contributed by atoms with Gasteiger partial charge in [-0.05, 0) is 26.8 Å².